The summed E-state index contributed by atoms with van der Waals surface area (Å²) in [4.78, 5) is 17.8. The Labute approximate surface area is 152 Å². The minimum Gasteiger partial charge on any atom is -0.503 e. The largest absolute Gasteiger partial charge is 0.503 e. The zero-order chi connectivity index (χ0) is 19.7. The highest BCUT2D eigenvalue weighted by atomic mass is 19.2. The molecule has 2 heterocycles. The van der Waals surface area contributed by atoms with Gasteiger partial charge in [-0.3, -0.25) is 4.79 Å². The lowest BCUT2D eigenvalue weighted by molar-refractivity contribution is -0.0302. The molecule has 0 saturated carbocycles. The summed E-state index contributed by atoms with van der Waals surface area (Å²) in [5, 5.41) is 12.8. The molecular weight excluding hydrogens is 367 g/mol. The van der Waals surface area contributed by atoms with Gasteiger partial charge in [0.15, 0.2) is 17.4 Å². The first-order valence-electron chi connectivity index (χ1n) is 8.39. The van der Waals surface area contributed by atoms with E-state index in [2.05, 4.69) is 10.1 Å². The summed E-state index contributed by atoms with van der Waals surface area (Å²) >= 11 is 0. The third-order valence-electron chi connectivity index (χ3n) is 4.14. The van der Waals surface area contributed by atoms with Crippen LogP contribution in [0.15, 0.2) is 10.6 Å². The predicted octanol–water partition coefficient (Wildman–Crippen LogP) is 2.75. The summed E-state index contributed by atoms with van der Waals surface area (Å²) in [6.07, 6.45) is 0.662. The van der Waals surface area contributed by atoms with Gasteiger partial charge in [-0.1, -0.05) is 19.0 Å². The molecule has 1 aromatic carbocycles. The van der Waals surface area contributed by atoms with Crippen molar-refractivity contribution in [3.63, 3.8) is 0 Å². The van der Waals surface area contributed by atoms with E-state index < -0.39 is 40.6 Å². The van der Waals surface area contributed by atoms with Crippen molar-refractivity contribution in [1.82, 2.24) is 15.0 Å². The summed E-state index contributed by atoms with van der Waals surface area (Å²) < 4.78 is 51.0. The van der Waals surface area contributed by atoms with Crippen LogP contribution >= 0.6 is 0 Å². The molecular formula is C17H18F3N3O4. The first kappa shape index (κ1) is 19.2. The topological polar surface area (TPSA) is 88.7 Å². The summed E-state index contributed by atoms with van der Waals surface area (Å²) in [6.45, 7) is 5.13. The number of hydrogen-bond donors (Lipinski definition) is 1. The van der Waals surface area contributed by atoms with Crippen LogP contribution in [0, 0.1) is 23.4 Å². The number of phenols is 1. The fourth-order valence-corrected chi connectivity index (χ4v) is 2.88. The van der Waals surface area contributed by atoms with Crippen molar-refractivity contribution in [2.24, 2.45) is 5.92 Å². The van der Waals surface area contributed by atoms with E-state index in [0.29, 0.717) is 31.7 Å². The molecule has 0 radical (unpaired) electrons. The first-order valence-corrected chi connectivity index (χ1v) is 8.39. The summed E-state index contributed by atoms with van der Waals surface area (Å²) in [5.74, 6) is -7.21. The van der Waals surface area contributed by atoms with E-state index in [1.165, 1.54) is 4.90 Å². The van der Waals surface area contributed by atoms with E-state index >= 15 is 0 Å². The zero-order valence-corrected chi connectivity index (χ0v) is 14.7. The molecule has 1 atom stereocenters. The Balaban J connectivity index is 1.81. The Kier molecular flexibility index (Phi) is 5.36. The number of benzene rings is 1. The molecule has 10 heteroatoms. The van der Waals surface area contributed by atoms with Gasteiger partial charge in [-0.05, 0) is 18.4 Å². The quantitative estimate of drug-likeness (QED) is 0.815. The van der Waals surface area contributed by atoms with Crippen LogP contribution in [0.4, 0.5) is 13.2 Å². The van der Waals surface area contributed by atoms with Crippen LogP contribution in [0.5, 0.6) is 5.75 Å². The first-order chi connectivity index (χ1) is 12.8. The number of rotatable bonds is 4. The molecule has 1 aromatic heterocycles. The fourth-order valence-electron chi connectivity index (χ4n) is 2.88. The number of aromatic nitrogens is 2. The molecule has 1 N–H and O–H groups in total. The number of morpholine rings is 1. The predicted molar refractivity (Wildman–Crippen MR) is 86.4 cm³/mol. The van der Waals surface area contributed by atoms with Crippen LogP contribution in [0.3, 0.4) is 0 Å². The average molecular weight is 385 g/mol. The third kappa shape index (κ3) is 3.90. The van der Waals surface area contributed by atoms with Crippen LogP contribution < -0.4 is 0 Å². The molecule has 1 saturated heterocycles. The number of hydrogen-bond acceptors (Lipinski definition) is 6. The van der Waals surface area contributed by atoms with E-state index in [1.54, 1.807) is 0 Å². The lowest BCUT2D eigenvalue weighted by atomic mass is 10.0. The molecule has 0 bridgehead atoms. The van der Waals surface area contributed by atoms with Crippen molar-refractivity contribution >= 4 is 5.91 Å². The smallest absolute Gasteiger partial charge is 0.295 e. The second kappa shape index (κ2) is 7.55. The number of aromatic hydroxyl groups is 1. The van der Waals surface area contributed by atoms with Crippen LogP contribution in [0.2, 0.25) is 0 Å². The van der Waals surface area contributed by atoms with E-state index in [4.69, 9.17) is 9.26 Å². The van der Waals surface area contributed by atoms with Crippen LogP contribution in [-0.4, -0.2) is 51.9 Å². The van der Waals surface area contributed by atoms with Gasteiger partial charge in [0, 0.05) is 13.1 Å². The van der Waals surface area contributed by atoms with Gasteiger partial charge in [-0.15, -0.1) is 0 Å². The number of phenolic OH excluding ortho intramolecular Hbond substituents is 1. The van der Waals surface area contributed by atoms with Gasteiger partial charge < -0.3 is 19.3 Å². The van der Waals surface area contributed by atoms with E-state index in [0.717, 1.165) is 6.42 Å². The van der Waals surface area contributed by atoms with Gasteiger partial charge in [0.25, 0.3) is 17.6 Å². The monoisotopic (exact) mass is 385 g/mol. The molecule has 1 fully saturated rings. The normalized spacial score (nSPS) is 17.6. The van der Waals surface area contributed by atoms with E-state index in [-0.39, 0.29) is 11.9 Å². The Morgan fingerprint density at radius 2 is 2.11 bits per heavy atom. The lowest BCUT2D eigenvalue weighted by Gasteiger charge is -2.33. The van der Waals surface area contributed by atoms with Crippen LogP contribution in [0.1, 0.15) is 30.9 Å². The Bertz CT molecular complexity index is 856. The molecule has 3 rings (SSSR count). The average Bonchev–Trinajstić information content (AvgIpc) is 3.12. The highest BCUT2D eigenvalue weighted by Gasteiger charge is 2.29. The Hall–Kier alpha value is -2.62. The molecule has 27 heavy (non-hydrogen) atoms. The molecule has 1 unspecified atom stereocenters. The van der Waals surface area contributed by atoms with Crippen molar-refractivity contribution in [3.8, 4) is 17.2 Å². The molecule has 1 aliphatic rings. The number of ether oxygens (including phenoxy) is 1. The van der Waals surface area contributed by atoms with Gasteiger partial charge in [0.1, 0.15) is 0 Å². The van der Waals surface area contributed by atoms with Crippen molar-refractivity contribution < 1.29 is 32.3 Å². The molecule has 1 amide bonds. The second-order valence-corrected chi connectivity index (χ2v) is 6.68. The van der Waals surface area contributed by atoms with E-state index in [1.807, 2.05) is 13.8 Å². The lowest BCUT2D eigenvalue weighted by Crippen LogP contribution is -2.46. The summed E-state index contributed by atoms with van der Waals surface area (Å²) in [6, 6.07) is 0.472. The minimum atomic E-state index is -1.73. The maximum absolute atomic E-state index is 14.0. The zero-order valence-electron chi connectivity index (χ0n) is 14.7. The van der Waals surface area contributed by atoms with Crippen molar-refractivity contribution in [3.05, 3.63) is 29.3 Å². The summed E-state index contributed by atoms with van der Waals surface area (Å²) in [7, 11) is 0. The van der Waals surface area contributed by atoms with Gasteiger partial charge in [-0.25, -0.2) is 8.78 Å². The Morgan fingerprint density at radius 1 is 1.37 bits per heavy atom. The van der Waals surface area contributed by atoms with Crippen molar-refractivity contribution in [1.29, 1.82) is 0 Å². The number of halogens is 3. The highest BCUT2D eigenvalue weighted by molar-refractivity contribution is 5.90. The molecule has 146 valence electrons. The second-order valence-electron chi connectivity index (χ2n) is 6.68. The molecule has 1 aliphatic heterocycles. The maximum atomic E-state index is 14.0. The number of carbonyl (C=O) groups is 1. The summed E-state index contributed by atoms with van der Waals surface area (Å²) in [5.41, 5.74) is -0.641. The van der Waals surface area contributed by atoms with Crippen LogP contribution in [-0.2, 0) is 4.74 Å². The molecule has 2 aromatic rings. The molecule has 0 aliphatic carbocycles. The van der Waals surface area contributed by atoms with Crippen molar-refractivity contribution in [2.45, 2.75) is 26.4 Å². The highest BCUT2D eigenvalue weighted by Crippen LogP contribution is 2.31. The fraction of sp³-hybridized carbons (Fsp3) is 0.471. The van der Waals surface area contributed by atoms with Crippen LogP contribution in [0.25, 0.3) is 11.5 Å². The Morgan fingerprint density at radius 3 is 2.81 bits per heavy atom. The minimum absolute atomic E-state index is 0.116. The number of nitrogens with zero attached hydrogens (tertiary/aromatic N) is 3. The number of carbonyl (C=O) groups excluding carboxylic acids is 1. The molecule has 7 nitrogen and oxygen atoms in total. The van der Waals surface area contributed by atoms with E-state index in [9.17, 15) is 23.1 Å². The SMILES string of the molecule is CC(C)CC1CN(C(=O)c2noc(-c3cc(F)c(F)c(O)c3F)n2)CCO1. The molecule has 0 spiro atoms. The third-order valence-corrected chi connectivity index (χ3v) is 4.14. The van der Waals surface area contributed by atoms with Gasteiger partial charge >= 0.3 is 0 Å². The van der Waals surface area contributed by atoms with Gasteiger partial charge in [0.2, 0.25) is 5.82 Å². The van der Waals surface area contributed by atoms with Gasteiger partial charge in [-0.2, -0.15) is 9.37 Å². The van der Waals surface area contributed by atoms with Crippen molar-refractivity contribution in [2.75, 3.05) is 19.7 Å². The maximum Gasteiger partial charge on any atom is 0.295 e. The number of amides is 1. The standard InChI is InChI=1S/C17H18F3N3O4/c1-8(2)5-9-7-23(3-4-26-9)17(25)15-21-16(27-22-15)10-6-11(18)13(20)14(24)12(10)19/h6,8-9,24H,3-5,7H2,1-2H3. The van der Waals surface area contributed by atoms with Gasteiger partial charge in [0.05, 0.1) is 18.3 Å².